The molecule has 144 valence electrons. The highest BCUT2D eigenvalue weighted by atomic mass is 32.2. The van der Waals surface area contributed by atoms with E-state index in [9.17, 15) is 13.2 Å². The Hall–Kier alpha value is -1.44. The van der Waals surface area contributed by atoms with E-state index >= 15 is 0 Å². The van der Waals surface area contributed by atoms with Gasteiger partial charge in [0.1, 0.15) is 0 Å². The minimum absolute atomic E-state index is 0.0784. The maximum absolute atomic E-state index is 12.9. The van der Waals surface area contributed by atoms with Gasteiger partial charge in [0.15, 0.2) is 0 Å². The van der Waals surface area contributed by atoms with Crippen LogP contribution in [-0.4, -0.2) is 56.3 Å². The van der Waals surface area contributed by atoms with Gasteiger partial charge in [0, 0.05) is 19.1 Å². The Morgan fingerprint density at radius 3 is 2.31 bits per heavy atom. The van der Waals surface area contributed by atoms with Crippen molar-refractivity contribution in [1.29, 1.82) is 0 Å². The van der Waals surface area contributed by atoms with E-state index in [4.69, 9.17) is 5.14 Å². The monoisotopic (exact) mass is 379 g/mol. The van der Waals surface area contributed by atoms with Gasteiger partial charge in [-0.1, -0.05) is 18.6 Å². The topological polar surface area (TPSA) is 83.7 Å². The number of primary sulfonamides is 1. The molecule has 0 bridgehead atoms. The van der Waals surface area contributed by atoms with Crippen LogP contribution in [0.3, 0.4) is 0 Å². The number of benzene rings is 1. The average molecular weight is 380 g/mol. The molecule has 2 heterocycles. The molecular weight excluding hydrogens is 350 g/mol. The van der Waals surface area contributed by atoms with Gasteiger partial charge in [0.05, 0.1) is 11.3 Å². The van der Waals surface area contributed by atoms with Crippen molar-refractivity contribution >= 4 is 15.9 Å². The molecule has 2 saturated heterocycles. The lowest BCUT2D eigenvalue weighted by Gasteiger charge is -2.40. The molecule has 0 aliphatic carbocycles. The number of carbonyl (C=O) groups excluding carboxylic acids is 1. The Morgan fingerprint density at radius 1 is 1.00 bits per heavy atom. The van der Waals surface area contributed by atoms with Crippen LogP contribution in [-0.2, 0) is 21.2 Å². The van der Waals surface area contributed by atoms with Gasteiger partial charge in [-0.25, -0.2) is 13.6 Å². The molecule has 26 heavy (non-hydrogen) atoms. The third-order valence-electron chi connectivity index (χ3n) is 5.47. The first-order valence-corrected chi connectivity index (χ1v) is 11.1. The van der Waals surface area contributed by atoms with Crippen molar-refractivity contribution in [1.82, 2.24) is 9.80 Å². The predicted molar refractivity (Wildman–Crippen MR) is 101 cm³/mol. The van der Waals surface area contributed by atoms with Crippen LogP contribution in [0.5, 0.6) is 0 Å². The summed E-state index contributed by atoms with van der Waals surface area (Å²) < 4.78 is 22.7. The zero-order chi connectivity index (χ0) is 18.6. The second kappa shape index (κ2) is 8.50. The van der Waals surface area contributed by atoms with E-state index < -0.39 is 10.0 Å². The normalized spacial score (nSPS) is 22.3. The molecular formula is C19H29N3O3S. The fourth-order valence-corrected chi connectivity index (χ4v) is 4.55. The highest BCUT2D eigenvalue weighted by molar-refractivity contribution is 7.89. The summed E-state index contributed by atoms with van der Waals surface area (Å²) in [6, 6.07) is 6.61. The van der Waals surface area contributed by atoms with Gasteiger partial charge in [-0.15, -0.1) is 0 Å². The fraction of sp³-hybridized carbons (Fsp3) is 0.632. The summed E-state index contributed by atoms with van der Waals surface area (Å²) >= 11 is 0. The maximum atomic E-state index is 12.9. The predicted octanol–water partition coefficient (Wildman–Crippen LogP) is 1.74. The molecule has 1 amide bonds. The lowest BCUT2D eigenvalue weighted by Crippen LogP contribution is -2.50. The summed E-state index contributed by atoms with van der Waals surface area (Å²) in [5.74, 6) is 0.134. The number of piperidine rings is 2. The molecule has 1 aromatic rings. The summed E-state index contributed by atoms with van der Waals surface area (Å²) in [6.07, 6.45) is 7.47. The number of amides is 1. The Morgan fingerprint density at radius 2 is 1.65 bits per heavy atom. The van der Waals surface area contributed by atoms with E-state index in [0.717, 1.165) is 44.6 Å². The van der Waals surface area contributed by atoms with E-state index in [0.29, 0.717) is 12.5 Å². The minimum Gasteiger partial charge on any atom is -0.338 e. The SMILES string of the molecule is NS(=O)(=O)c1ccc(CC(=O)N2CCCC[C@H]2CN2CCCCC2)cc1. The minimum atomic E-state index is -3.69. The van der Waals surface area contributed by atoms with Gasteiger partial charge in [-0.05, 0) is 62.9 Å². The Labute approximate surface area is 156 Å². The van der Waals surface area contributed by atoms with E-state index in [2.05, 4.69) is 4.90 Å². The van der Waals surface area contributed by atoms with Crippen molar-refractivity contribution in [3.8, 4) is 0 Å². The smallest absolute Gasteiger partial charge is 0.238 e. The van der Waals surface area contributed by atoms with Crippen LogP contribution in [0.15, 0.2) is 29.2 Å². The molecule has 0 radical (unpaired) electrons. The summed E-state index contributed by atoms with van der Waals surface area (Å²) in [5.41, 5.74) is 0.824. The zero-order valence-corrected chi connectivity index (χ0v) is 16.1. The second-order valence-electron chi connectivity index (χ2n) is 7.46. The highest BCUT2D eigenvalue weighted by Crippen LogP contribution is 2.21. The number of carbonyl (C=O) groups is 1. The molecule has 2 aliphatic rings. The molecule has 2 N–H and O–H groups in total. The van der Waals surface area contributed by atoms with Crippen molar-refractivity contribution < 1.29 is 13.2 Å². The second-order valence-corrected chi connectivity index (χ2v) is 9.03. The van der Waals surface area contributed by atoms with E-state index in [-0.39, 0.29) is 10.8 Å². The largest absolute Gasteiger partial charge is 0.338 e. The summed E-state index contributed by atoms with van der Waals surface area (Å²) in [7, 11) is -3.69. The van der Waals surface area contributed by atoms with Crippen LogP contribution >= 0.6 is 0 Å². The van der Waals surface area contributed by atoms with Gasteiger partial charge in [-0.2, -0.15) is 0 Å². The van der Waals surface area contributed by atoms with Crippen LogP contribution < -0.4 is 5.14 Å². The summed E-state index contributed by atoms with van der Waals surface area (Å²) in [5, 5.41) is 5.12. The van der Waals surface area contributed by atoms with Gasteiger partial charge < -0.3 is 9.80 Å². The van der Waals surface area contributed by atoms with Gasteiger partial charge in [-0.3, -0.25) is 4.79 Å². The van der Waals surface area contributed by atoms with E-state index in [1.165, 1.54) is 37.8 Å². The fourth-order valence-electron chi connectivity index (χ4n) is 4.03. The number of nitrogens with two attached hydrogens (primary N) is 1. The molecule has 0 unspecified atom stereocenters. The third-order valence-corrected chi connectivity index (χ3v) is 6.40. The van der Waals surface area contributed by atoms with Crippen molar-refractivity contribution in [2.24, 2.45) is 5.14 Å². The number of hydrogen-bond donors (Lipinski definition) is 1. The van der Waals surface area contributed by atoms with Gasteiger partial charge >= 0.3 is 0 Å². The average Bonchev–Trinajstić information content (AvgIpc) is 2.63. The Balaban J connectivity index is 1.62. The van der Waals surface area contributed by atoms with Gasteiger partial charge in [0.2, 0.25) is 15.9 Å². The van der Waals surface area contributed by atoms with Crippen LogP contribution in [0.4, 0.5) is 0 Å². The first-order chi connectivity index (χ1) is 12.4. The summed E-state index contributed by atoms with van der Waals surface area (Å²) in [6.45, 7) is 4.10. The molecule has 0 spiro atoms. The number of likely N-dealkylation sites (tertiary alicyclic amines) is 2. The van der Waals surface area contributed by atoms with Crippen molar-refractivity contribution in [3.63, 3.8) is 0 Å². The molecule has 0 saturated carbocycles. The zero-order valence-electron chi connectivity index (χ0n) is 15.3. The highest BCUT2D eigenvalue weighted by Gasteiger charge is 2.28. The van der Waals surface area contributed by atoms with E-state index in [1.54, 1.807) is 12.1 Å². The first kappa shape index (κ1) is 19.3. The van der Waals surface area contributed by atoms with Crippen LogP contribution in [0.25, 0.3) is 0 Å². The molecule has 1 aromatic carbocycles. The standard InChI is InChI=1S/C19H29N3O3S/c20-26(24,25)18-9-7-16(8-10-18)14-19(23)22-13-5-2-6-17(22)15-21-11-3-1-4-12-21/h7-10,17H,1-6,11-15H2,(H2,20,24,25)/t17-/m0/s1. The van der Waals surface area contributed by atoms with Crippen LogP contribution in [0, 0.1) is 0 Å². The van der Waals surface area contributed by atoms with Gasteiger partial charge in [0.25, 0.3) is 0 Å². The third kappa shape index (κ3) is 5.05. The number of nitrogens with zero attached hydrogens (tertiary/aromatic N) is 2. The van der Waals surface area contributed by atoms with Crippen molar-refractivity contribution in [2.75, 3.05) is 26.2 Å². The number of rotatable bonds is 5. The van der Waals surface area contributed by atoms with Crippen LogP contribution in [0.2, 0.25) is 0 Å². The maximum Gasteiger partial charge on any atom is 0.238 e. The molecule has 2 aliphatic heterocycles. The molecule has 7 heteroatoms. The lowest BCUT2D eigenvalue weighted by molar-refractivity contribution is -0.134. The molecule has 0 aromatic heterocycles. The summed E-state index contributed by atoms with van der Waals surface area (Å²) in [4.78, 5) is 17.5. The molecule has 3 rings (SSSR count). The first-order valence-electron chi connectivity index (χ1n) is 9.57. The lowest BCUT2D eigenvalue weighted by atomic mass is 9.99. The van der Waals surface area contributed by atoms with E-state index in [1.807, 2.05) is 4.90 Å². The van der Waals surface area contributed by atoms with Crippen molar-refractivity contribution in [3.05, 3.63) is 29.8 Å². The quantitative estimate of drug-likeness (QED) is 0.845. The number of hydrogen-bond acceptors (Lipinski definition) is 4. The number of sulfonamides is 1. The Bertz CT molecular complexity index is 712. The van der Waals surface area contributed by atoms with Crippen LogP contribution in [0.1, 0.15) is 44.1 Å². The molecule has 2 fully saturated rings. The Kier molecular flexibility index (Phi) is 6.32. The molecule has 1 atom stereocenters. The molecule has 6 nitrogen and oxygen atoms in total. The van der Waals surface area contributed by atoms with Crippen molar-refractivity contribution in [2.45, 2.75) is 55.9 Å².